The molecule has 0 aliphatic rings. The van der Waals surface area contributed by atoms with E-state index < -0.39 is 5.60 Å². The Morgan fingerprint density at radius 2 is 2.06 bits per heavy atom. The number of methoxy groups -OCH3 is 1. The molecule has 0 heterocycles. The van der Waals surface area contributed by atoms with Gasteiger partial charge in [-0.05, 0) is 26.0 Å². The number of aliphatic hydroxyl groups is 1. The van der Waals surface area contributed by atoms with Gasteiger partial charge in [-0.25, -0.2) is 4.39 Å². The van der Waals surface area contributed by atoms with Gasteiger partial charge in [0.2, 0.25) is 0 Å². The molecule has 4 heteroatoms. The van der Waals surface area contributed by atoms with Gasteiger partial charge < -0.3 is 15.2 Å². The zero-order chi connectivity index (χ0) is 12.7. The van der Waals surface area contributed by atoms with Crippen LogP contribution in [0.15, 0.2) is 24.3 Å². The average molecular weight is 241 g/mol. The molecular weight excluding hydrogens is 221 g/mol. The molecule has 0 spiro atoms. The van der Waals surface area contributed by atoms with Gasteiger partial charge in [-0.3, -0.25) is 0 Å². The summed E-state index contributed by atoms with van der Waals surface area (Å²) in [5.74, 6) is -0.366. The summed E-state index contributed by atoms with van der Waals surface area (Å²) in [6.45, 7) is 3.60. The molecule has 1 rings (SSSR count). The Kier molecular flexibility index (Phi) is 5.55. The molecule has 96 valence electrons. The zero-order valence-electron chi connectivity index (χ0n) is 10.4. The monoisotopic (exact) mass is 241 g/mol. The average Bonchev–Trinajstić information content (AvgIpc) is 2.29. The summed E-state index contributed by atoms with van der Waals surface area (Å²) >= 11 is 0. The Morgan fingerprint density at radius 1 is 1.35 bits per heavy atom. The van der Waals surface area contributed by atoms with Gasteiger partial charge in [0.05, 0.1) is 12.2 Å². The van der Waals surface area contributed by atoms with Crippen molar-refractivity contribution in [2.45, 2.75) is 18.9 Å². The van der Waals surface area contributed by atoms with E-state index in [0.29, 0.717) is 25.1 Å². The minimum absolute atomic E-state index is 0.341. The first kappa shape index (κ1) is 14.1. The van der Waals surface area contributed by atoms with Crippen LogP contribution in [-0.2, 0) is 10.3 Å². The van der Waals surface area contributed by atoms with Crippen LogP contribution in [0.1, 0.15) is 18.9 Å². The van der Waals surface area contributed by atoms with E-state index in [2.05, 4.69) is 5.32 Å². The summed E-state index contributed by atoms with van der Waals surface area (Å²) in [7, 11) is 1.64. The number of halogens is 1. The van der Waals surface area contributed by atoms with Crippen LogP contribution in [0.4, 0.5) is 4.39 Å². The maximum atomic E-state index is 13.5. The van der Waals surface area contributed by atoms with Crippen molar-refractivity contribution < 1.29 is 14.2 Å². The highest BCUT2D eigenvalue weighted by Gasteiger charge is 2.25. The molecule has 0 fully saturated rings. The lowest BCUT2D eigenvalue weighted by Crippen LogP contribution is -2.30. The molecule has 2 N–H and O–H groups in total. The van der Waals surface area contributed by atoms with Gasteiger partial charge in [0.25, 0.3) is 0 Å². The Hall–Kier alpha value is -0.970. The molecule has 0 aromatic heterocycles. The normalized spacial score (nSPS) is 14.6. The first-order chi connectivity index (χ1) is 8.08. The van der Waals surface area contributed by atoms with Gasteiger partial charge in [-0.15, -0.1) is 0 Å². The highest BCUT2D eigenvalue weighted by molar-refractivity contribution is 5.23. The third kappa shape index (κ3) is 4.42. The molecule has 17 heavy (non-hydrogen) atoms. The quantitative estimate of drug-likeness (QED) is 0.713. The molecule has 0 aliphatic heterocycles. The van der Waals surface area contributed by atoms with Crippen LogP contribution in [0.5, 0.6) is 0 Å². The van der Waals surface area contributed by atoms with Gasteiger partial charge in [0, 0.05) is 19.2 Å². The van der Waals surface area contributed by atoms with Crippen LogP contribution in [0.3, 0.4) is 0 Å². The largest absolute Gasteiger partial charge is 0.385 e. The van der Waals surface area contributed by atoms with Crippen LogP contribution in [0, 0.1) is 5.82 Å². The van der Waals surface area contributed by atoms with Gasteiger partial charge in [0.1, 0.15) is 5.82 Å². The number of ether oxygens (including phenoxy) is 1. The smallest absolute Gasteiger partial charge is 0.129 e. The second-order valence-corrected chi connectivity index (χ2v) is 4.25. The lowest BCUT2D eigenvalue weighted by atomic mass is 9.92. The lowest BCUT2D eigenvalue weighted by Gasteiger charge is -2.24. The second-order valence-electron chi connectivity index (χ2n) is 4.25. The Balaban J connectivity index is 2.48. The minimum atomic E-state index is -1.15. The van der Waals surface area contributed by atoms with Crippen molar-refractivity contribution in [3.63, 3.8) is 0 Å². The third-order valence-corrected chi connectivity index (χ3v) is 2.73. The van der Waals surface area contributed by atoms with Crippen molar-refractivity contribution in [1.29, 1.82) is 0 Å². The molecule has 0 radical (unpaired) electrons. The Labute approximate surface area is 102 Å². The number of hydrogen-bond acceptors (Lipinski definition) is 3. The van der Waals surface area contributed by atoms with E-state index in [1.54, 1.807) is 32.2 Å². The summed E-state index contributed by atoms with van der Waals surface area (Å²) in [6, 6.07) is 6.32. The molecule has 0 saturated carbocycles. The predicted molar refractivity (Wildman–Crippen MR) is 65.3 cm³/mol. The Morgan fingerprint density at radius 3 is 2.71 bits per heavy atom. The molecule has 1 aromatic rings. The van der Waals surface area contributed by atoms with Crippen molar-refractivity contribution in [3.8, 4) is 0 Å². The fourth-order valence-electron chi connectivity index (χ4n) is 1.66. The van der Waals surface area contributed by atoms with E-state index in [1.807, 2.05) is 0 Å². The molecule has 0 bridgehead atoms. The molecule has 3 nitrogen and oxygen atoms in total. The first-order valence-electron chi connectivity index (χ1n) is 5.75. The minimum Gasteiger partial charge on any atom is -0.385 e. The molecular formula is C13H20FNO2. The van der Waals surface area contributed by atoms with E-state index in [0.717, 1.165) is 6.54 Å². The summed E-state index contributed by atoms with van der Waals surface area (Å²) in [5, 5.41) is 13.3. The maximum absolute atomic E-state index is 13.5. The summed E-state index contributed by atoms with van der Waals surface area (Å²) in [4.78, 5) is 0. The van der Waals surface area contributed by atoms with Gasteiger partial charge in [-0.1, -0.05) is 18.2 Å². The third-order valence-electron chi connectivity index (χ3n) is 2.73. The van der Waals surface area contributed by atoms with E-state index in [1.165, 1.54) is 6.07 Å². The maximum Gasteiger partial charge on any atom is 0.129 e. The fourth-order valence-corrected chi connectivity index (χ4v) is 1.66. The van der Waals surface area contributed by atoms with Crippen molar-refractivity contribution in [1.82, 2.24) is 5.32 Å². The molecule has 1 unspecified atom stereocenters. The topological polar surface area (TPSA) is 41.5 Å². The van der Waals surface area contributed by atoms with E-state index >= 15 is 0 Å². The van der Waals surface area contributed by atoms with E-state index in [-0.39, 0.29) is 5.82 Å². The highest BCUT2D eigenvalue weighted by atomic mass is 19.1. The van der Waals surface area contributed by atoms with Crippen LogP contribution >= 0.6 is 0 Å². The zero-order valence-corrected chi connectivity index (χ0v) is 10.4. The molecule has 1 atom stereocenters. The van der Waals surface area contributed by atoms with Crippen molar-refractivity contribution >= 4 is 0 Å². The van der Waals surface area contributed by atoms with E-state index in [9.17, 15) is 9.50 Å². The SMILES string of the molecule is COCCNCCC(C)(O)c1ccccc1F. The fraction of sp³-hybridized carbons (Fsp3) is 0.538. The van der Waals surface area contributed by atoms with Gasteiger partial charge >= 0.3 is 0 Å². The van der Waals surface area contributed by atoms with Gasteiger partial charge in [-0.2, -0.15) is 0 Å². The van der Waals surface area contributed by atoms with Crippen molar-refractivity contribution in [2.75, 3.05) is 26.8 Å². The van der Waals surface area contributed by atoms with Gasteiger partial charge in [0.15, 0.2) is 0 Å². The van der Waals surface area contributed by atoms with Crippen LogP contribution < -0.4 is 5.32 Å². The molecule has 0 saturated heterocycles. The van der Waals surface area contributed by atoms with E-state index in [4.69, 9.17) is 4.74 Å². The second kappa shape index (κ2) is 6.69. The number of hydrogen-bond donors (Lipinski definition) is 2. The summed E-state index contributed by atoms with van der Waals surface area (Å²) in [6.07, 6.45) is 0.456. The number of rotatable bonds is 7. The predicted octanol–water partition coefficient (Wildman–Crippen LogP) is 1.66. The van der Waals surface area contributed by atoms with Crippen LogP contribution in [0.2, 0.25) is 0 Å². The molecule has 0 aliphatic carbocycles. The lowest BCUT2D eigenvalue weighted by molar-refractivity contribution is 0.0439. The summed E-state index contributed by atoms with van der Waals surface area (Å²) < 4.78 is 18.4. The number of nitrogens with one attached hydrogen (secondary N) is 1. The van der Waals surface area contributed by atoms with Crippen LogP contribution in [-0.4, -0.2) is 31.9 Å². The van der Waals surface area contributed by atoms with Crippen molar-refractivity contribution in [2.24, 2.45) is 0 Å². The summed E-state index contributed by atoms with van der Waals surface area (Å²) in [5.41, 5.74) is -0.806. The molecule has 0 amide bonds. The van der Waals surface area contributed by atoms with Crippen LogP contribution in [0.25, 0.3) is 0 Å². The molecule has 1 aromatic carbocycles. The highest BCUT2D eigenvalue weighted by Crippen LogP contribution is 2.26. The van der Waals surface area contributed by atoms with Crippen molar-refractivity contribution in [3.05, 3.63) is 35.6 Å². The Bertz CT molecular complexity index is 342. The standard InChI is InChI=1S/C13H20FNO2/c1-13(16,7-8-15-9-10-17-2)11-5-3-4-6-12(11)14/h3-6,15-16H,7-10H2,1-2H3. The number of benzene rings is 1. The first-order valence-corrected chi connectivity index (χ1v) is 5.75.